The number of nitrogens with one attached hydrogen (secondary N) is 1. The van der Waals surface area contributed by atoms with Gasteiger partial charge >= 0.3 is 0 Å². The highest BCUT2D eigenvalue weighted by Gasteiger charge is 2.13. The molecule has 20 heavy (non-hydrogen) atoms. The SMILES string of the molecule is CCNCc1cccc(Cl)c1N(C)c1cccc(F)c1. The second kappa shape index (κ2) is 6.73. The van der Waals surface area contributed by atoms with Gasteiger partial charge in [-0.2, -0.15) is 0 Å². The van der Waals surface area contributed by atoms with Gasteiger partial charge in [0.25, 0.3) is 0 Å². The Bertz CT molecular complexity index is 586. The summed E-state index contributed by atoms with van der Waals surface area (Å²) in [7, 11) is 1.89. The predicted octanol–water partition coefficient (Wildman–Crippen LogP) is 4.36. The van der Waals surface area contributed by atoms with Gasteiger partial charge in [0.1, 0.15) is 5.82 Å². The van der Waals surface area contributed by atoms with Crippen molar-refractivity contribution >= 4 is 23.0 Å². The van der Waals surface area contributed by atoms with Crippen molar-refractivity contribution in [2.45, 2.75) is 13.5 Å². The van der Waals surface area contributed by atoms with Gasteiger partial charge in [0.15, 0.2) is 0 Å². The zero-order valence-electron chi connectivity index (χ0n) is 11.7. The summed E-state index contributed by atoms with van der Waals surface area (Å²) < 4.78 is 13.4. The molecule has 0 saturated carbocycles. The van der Waals surface area contributed by atoms with E-state index in [1.165, 1.54) is 12.1 Å². The molecule has 0 aliphatic heterocycles. The van der Waals surface area contributed by atoms with E-state index in [0.29, 0.717) is 5.02 Å². The minimum Gasteiger partial charge on any atom is -0.343 e. The van der Waals surface area contributed by atoms with Crippen LogP contribution in [-0.4, -0.2) is 13.6 Å². The van der Waals surface area contributed by atoms with Crippen molar-refractivity contribution in [1.29, 1.82) is 0 Å². The molecule has 2 aromatic rings. The lowest BCUT2D eigenvalue weighted by Crippen LogP contribution is -2.17. The van der Waals surface area contributed by atoms with Gasteiger partial charge in [-0.15, -0.1) is 0 Å². The summed E-state index contributed by atoms with van der Waals surface area (Å²) in [4.78, 5) is 1.91. The first-order valence-corrected chi connectivity index (χ1v) is 6.98. The lowest BCUT2D eigenvalue weighted by Gasteiger charge is -2.24. The molecule has 0 aromatic heterocycles. The number of hydrogen-bond donors (Lipinski definition) is 1. The Morgan fingerprint density at radius 1 is 1.20 bits per heavy atom. The molecule has 0 saturated heterocycles. The van der Waals surface area contributed by atoms with Gasteiger partial charge in [-0.25, -0.2) is 4.39 Å². The molecule has 1 N–H and O–H groups in total. The smallest absolute Gasteiger partial charge is 0.125 e. The van der Waals surface area contributed by atoms with Crippen molar-refractivity contribution < 1.29 is 4.39 Å². The summed E-state index contributed by atoms with van der Waals surface area (Å²) >= 11 is 6.33. The highest BCUT2D eigenvalue weighted by molar-refractivity contribution is 6.33. The lowest BCUT2D eigenvalue weighted by molar-refractivity contribution is 0.628. The van der Waals surface area contributed by atoms with E-state index >= 15 is 0 Å². The number of anilines is 2. The van der Waals surface area contributed by atoms with Crippen LogP contribution in [0.15, 0.2) is 42.5 Å². The molecule has 0 radical (unpaired) electrons. The molecule has 2 rings (SSSR count). The minimum absolute atomic E-state index is 0.255. The third-order valence-electron chi connectivity index (χ3n) is 3.17. The Labute approximate surface area is 124 Å². The monoisotopic (exact) mass is 292 g/mol. The fraction of sp³-hybridized carbons (Fsp3) is 0.250. The van der Waals surface area contributed by atoms with Crippen LogP contribution >= 0.6 is 11.6 Å². The summed E-state index contributed by atoms with van der Waals surface area (Å²) in [6.07, 6.45) is 0. The van der Waals surface area contributed by atoms with Crippen molar-refractivity contribution in [3.8, 4) is 0 Å². The summed E-state index contributed by atoms with van der Waals surface area (Å²) in [5.41, 5.74) is 2.77. The van der Waals surface area contributed by atoms with Gasteiger partial charge in [-0.05, 0) is 36.4 Å². The van der Waals surface area contributed by atoms with Crippen LogP contribution in [0.4, 0.5) is 15.8 Å². The van der Waals surface area contributed by atoms with Crippen molar-refractivity contribution in [2.75, 3.05) is 18.5 Å². The number of benzene rings is 2. The molecule has 0 unspecified atom stereocenters. The fourth-order valence-electron chi connectivity index (χ4n) is 2.15. The van der Waals surface area contributed by atoms with Crippen LogP contribution in [0.25, 0.3) is 0 Å². The average molecular weight is 293 g/mol. The van der Waals surface area contributed by atoms with Crippen LogP contribution in [0.5, 0.6) is 0 Å². The molecule has 106 valence electrons. The Kier molecular flexibility index (Phi) is 4.99. The molecule has 0 atom stereocenters. The van der Waals surface area contributed by atoms with Crippen LogP contribution in [-0.2, 0) is 6.54 Å². The van der Waals surface area contributed by atoms with Crippen LogP contribution in [0.1, 0.15) is 12.5 Å². The summed E-state index contributed by atoms with van der Waals surface area (Å²) in [6.45, 7) is 3.67. The fourth-order valence-corrected chi connectivity index (χ4v) is 2.47. The summed E-state index contributed by atoms with van der Waals surface area (Å²) in [5, 5.41) is 3.95. The van der Waals surface area contributed by atoms with Gasteiger partial charge in [0.2, 0.25) is 0 Å². The average Bonchev–Trinajstić information content (AvgIpc) is 2.44. The number of halogens is 2. The predicted molar refractivity (Wildman–Crippen MR) is 83.3 cm³/mol. The number of para-hydroxylation sites is 1. The largest absolute Gasteiger partial charge is 0.343 e. The third kappa shape index (κ3) is 3.30. The Balaban J connectivity index is 2.40. The van der Waals surface area contributed by atoms with Gasteiger partial charge in [-0.3, -0.25) is 0 Å². The van der Waals surface area contributed by atoms with Crippen molar-refractivity contribution in [1.82, 2.24) is 5.32 Å². The lowest BCUT2D eigenvalue weighted by atomic mass is 10.1. The van der Waals surface area contributed by atoms with Crippen molar-refractivity contribution in [2.24, 2.45) is 0 Å². The minimum atomic E-state index is -0.255. The van der Waals surface area contributed by atoms with E-state index in [1.54, 1.807) is 6.07 Å². The highest BCUT2D eigenvalue weighted by atomic mass is 35.5. The molecule has 0 spiro atoms. The molecule has 0 amide bonds. The van der Waals surface area contributed by atoms with E-state index in [-0.39, 0.29) is 5.82 Å². The molecule has 0 bridgehead atoms. The van der Waals surface area contributed by atoms with Crippen LogP contribution in [0, 0.1) is 5.82 Å². The zero-order chi connectivity index (χ0) is 14.5. The molecule has 2 aromatic carbocycles. The first kappa shape index (κ1) is 14.8. The molecular formula is C16H18ClFN2. The van der Waals surface area contributed by atoms with Crippen molar-refractivity contribution in [3.63, 3.8) is 0 Å². The Hall–Kier alpha value is -1.58. The third-order valence-corrected chi connectivity index (χ3v) is 3.47. The molecule has 2 nitrogen and oxygen atoms in total. The number of rotatable bonds is 5. The van der Waals surface area contributed by atoms with Crippen LogP contribution in [0.3, 0.4) is 0 Å². The van der Waals surface area contributed by atoms with Crippen LogP contribution < -0.4 is 10.2 Å². The topological polar surface area (TPSA) is 15.3 Å². The molecule has 0 aliphatic carbocycles. The molecule has 4 heteroatoms. The first-order valence-electron chi connectivity index (χ1n) is 6.61. The first-order chi connectivity index (χ1) is 9.63. The number of nitrogens with zero attached hydrogens (tertiary/aromatic N) is 1. The van der Waals surface area contributed by atoms with Crippen molar-refractivity contribution in [3.05, 3.63) is 58.9 Å². The van der Waals surface area contributed by atoms with Gasteiger partial charge in [-0.1, -0.05) is 36.7 Å². The maximum atomic E-state index is 13.4. The van der Waals surface area contributed by atoms with Crippen LogP contribution in [0.2, 0.25) is 5.02 Å². The van der Waals surface area contributed by atoms with Gasteiger partial charge in [0, 0.05) is 19.3 Å². The van der Waals surface area contributed by atoms with Gasteiger partial charge < -0.3 is 10.2 Å². The molecular weight excluding hydrogens is 275 g/mol. The maximum absolute atomic E-state index is 13.4. The quantitative estimate of drug-likeness (QED) is 0.881. The number of hydrogen-bond acceptors (Lipinski definition) is 2. The Morgan fingerprint density at radius 3 is 2.65 bits per heavy atom. The normalized spacial score (nSPS) is 10.6. The molecule has 0 fully saturated rings. The van der Waals surface area contributed by atoms with E-state index in [2.05, 4.69) is 12.2 Å². The van der Waals surface area contributed by atoms with E-state index in [4.69, 9.17) is 11.6 Å². The highest BCUT2D eigenvalue weighted by Crippen LogP contribution is 2.34. The summed E-state index contributed by atoms with van der Waals surface area (Å²) in [6, 6.07) is 12.3. The summed E-state index contributed by atoms with van der Waals surface area (Å²) in [5.74, 6) is -0.255. The van der Waals surface area contributed by atoms with E-state index in [1.807, 2.05) is 36.2 Å². The second-order valence-electron chi connectivity index (χ2n) is 4.57. The van der Waals surface area contributed by atoms with E-state index in [9.17, 15) is 4.39 Å². The molecule has 0 heterocycles. The standard InChI is InChI=1S/C16H18ClFN2/c1-3-19-11-12-6-4-9-15(17)16(12)20(2)14-8-5-7-13(18)10-14/h4-10,19H,3,11H2,1-2H3. The van der Waals surface area contributed by atoms with E-state index in [0.717, 1.165) is 30.0 Å². The second-order valence-corrected chi connectivity index (χ2v) is 4.97. The van der Waals surface area contributed by atoms with E-state index < -0.39 is 0 Å². The zero-order valence-corrected chi connectivity index (χ0v) is 12.4. The maximum Gasteiger partial charge on any atom is 0.125 e. The Morgan fingerprint density at radius 2 is 1.95 bits per heavy atom. The molecule has 0 aliphatic rings. The van der Waals surface area contributed by atoms with Gasteiger partial charge in [0.05, 0.1) is 10.7 Å².